The third-order valence-electron chi connectivity index (χ3n) is 5.47. The van der Waals surface area contributed by atoms with Crippen LogP contribution in [0, 0.1) is 6.92 Å². The Morgan fingerprint density at radius 3 is 2.42 bits per heavy atom. The summed E-state index contributed by atoms with van der Waals surface area (Å²) in [6, 6.07) is 23.3. The maximum absolute atomic E-state index is 12.9. The number of anilines is 2. The Balaban J connectivity index is 1.69. The van der Waals surface area contributed by atoms with Gasteiger partial charge in [-0.2, -0.15) is 0 Å². The number of carbonyl (C=O) groups excluding carboxylic acids is 2. The quantitative estimate of drug-likeness (QED) is 0.528. The van der Waals surface area contributed by atoms with Crippen LogP contribution in [0.15, 0.2) is 72.8 Å². The van der Waals surface area contributed by atoms with Crippen molar-refractivity contribution in [2.45, 2.75) is 32.1 Å². The van der Waals surface area contributed by atoms with E-state index in [2.05, 4.69) is 25.2 Å². The molecule has 0 radical (unpaired) electrons. The highest BCUT2D eigenvalue weighted by molar-refractivity contribution is 8.00. The maximum atomic E-state index is 12.9. The van der Waals surface area contributed by atoms with Crippen molar-refractivity contribution in [2.75, 3.05) is 16.0 Å². The van der Waals surface area contributed by atoms with Gasteiger partial charge in [-0.1, -0.05) is 67.9 Å². The Morgan fingerprint density at radius 1 is 1.00 bits per heavy atom. The molecule has 1 heterocycles. The van der Waals surface area contributed by atoms with Crippen molar-refractivity contribution < 1.29 is 9.59 Å². The van der Waals surface area contributed by atoms with E-state index >= 15 is 0 Å². The molecule has 0 aliphatic carbocycles. The van der Waals surface area contributed by atoms with Crippen LogP contribution in [-0.2, 0) is 4.79 Å². The molecule has 1 aliphatic heterocycles. The summed E-state index contributed by atoms with van der Waals surface area (Å²) in [4.78, 5) is 27.7. The molecule has 0 aromatic heterocycles. The molecule has 4 rings (SSSR count). The molecule has 0 saturated carbocycles. The van der Waals surface area contributed by atoms with Crippen LogP contribution >= 0.6 is 11.8 Å². The van der Waals surface area contributed by atoms with Crippen LogP contribution < -0.4 is 10.2 Å². The second-order valence-electron chi connectivity index (χ2n) is 8.05. The van der Waals surface area contributed by atoms with Crippen LogP contribution in [0.3, 0.4) is 0 Å². The maximum Gasteiger partial charge on any atom is 0.255 e. The first-order chi connectivity index (χ1) is 15.0. The van der Waals surface area contributed by atoms with Gasteiger partial charge in [0, 0.05) is 22.5 Å². The van der Waals surface area contributed by atoms with Crippen molar-refractivity contribution in [3.8, 4) is 0 Å². The molecule has 1 atom stereocenters. The van der Waals surface area contributed by atoms with E-state index in [9.17, 15) is 9.59 Å². The van der Waals surface area contributed by atoms with Gasteiger partial charge in [0.1, 0.15) is 5.37 Å². The Hall–Kier alpha value is -3.05. The van der Waals surface area contributed by atoms with Gasteiger partial charge in [-0.25, -0.2) is 0 Å². The number of carbonyl (C=O) groups is 2. The molecule has 0 spiro atoms. The van der Waals surface area contributed by atoms with E-state index in [0.29, 0.717) is 17.2 Å². The zero-order valence-electron chi connectivity index (χ0n) is 18.0. The van der Waals surface area contributed by atoms with E-state index in [0.717, 1.165) is 28.1 Å². The molecule has 1 unspecified atom stereocenters. The fraction of sp³-hybridized carbons (Fsp3) is 0.231. The molecule has 31 heavy (non-hydrogen) atoms. The third kappa shape index (κ3) is 4.37. The number of nitrogens with zero attached hydrogens (tertiary/aromatic N) is 1. The van der Waals surface area contributed by atoms with Gasteiger partial charge in [-0.3, -0.25) is 14.5 Å². The van der Waals surface area contributed by atoms with Gasteiger partial charge >= 0.3 is 0 Å². The number of para-hydroxylation sites is 2. The van der Waals surface area contributed by atoms with Gasteiger partial charge in [-0.15, -0.1) is 11.8 Å². The number of amides is 2. The predicted octanol–water partition coefficient (Wildman–Crippen LogP) is 6.15. The Morgan fingerprint density at radius 2 is 1.68 bits per heavy atom. The van der Waals surface area contributed by atoms with Gasteiger partial charge in [0.05, 0.1) is 5.75 Å². The Labute approximate surface area is 187 Å². The zero-order valence-corrected chi connectivity index (χ0v) is 18.8. The van der Waals surface area contributed by atoms with E-state index < -0.39 is 0 Å². The first-order valence-electron chi connectivity index (χ1n) is 10.4. The minimum Gasteiger partial charge on any atom is -0.322 e. The van der Waals surface area contributed by atoms with Gasteiger partial charge in [0.25, 0.3) is 5.91 Å². The molecule has 158 valence electrons. The van der Waals surface area contributed by atoms with Crippen LogP contribution in [0.4, 0.5) is 11.4 Å². The van der Waals surface area contributed by atoms with Gasteiger partial charge < -0.3 is 5.32 Å². The summed E-state index contributed by atoms with van der Waals surface area (Å²) in [5.41, 5.74) is 5.46. The summed E-state index contributed by atoms with van der Waals surface area (Å²) >= 11 is 1.59. The summed E-state index contributed by atoms with van der Waals surface area (Å²) in [6.45, 7) is 6.27. The fourth-order valence-corrected chi connectivity index (χ4v) is 5.04. The molecule has 1 saturated heterocycles. The van der Waals surface area contributed by atoms with E-state index in [-0.39, 0.29) is 17.2 Å². The van der Waals surface area contributed by atoms with Gasteiger partial charge in [-0.05, 0) is 42.7 Å². The Kier molecular flexibility index (Phi) is 6.14. The molecule has 1 aliphatic rings. The lowest BCUT2D eigenvalue weighted by atomic mass is 10.00. The molecule has 3 aromatic rings. The molecule has 3 aromatic carbocycles. The second kappa shape index (κ2) is 8.98. The number of nitrogens with one attached hydrogen (secondary N) is 1. The number of aryl methyl sites for hydroxylation is 1. The third-order valence-corrected chi connectivity index (χ3v) is 6.67. The highest BCUT2D eigenvalue weighted by atomic mass is 32.2. The summed E-state index contributed by atoms with van der Waals surface area (Å²) in [5, 5.41) is 2.86. The van der Waals surface area contributed by atoms with Crippen molar-refractivity contribution >= 4 is 35.0 Å². The van der Waals surface area contributed by atoms with E-state index in [1.807, 2.05) is 78.6 Å². The van der Waals surface area contributed by atoms with E-state index in [1.54, 1.807) is 11.8 Å². The predicted molar refractivity (Wildman–Crippen MR) is 129 cm³/mol. The first kappa shape index (κ1) is 21.2. The number of benzene rings is 3. The lowest BCUT2D eigenvalue weighted by Crippen LogP contribution is -2.29. The summed E-state index contributed by atoms with van der Waals surface area (Å²) in [5.74, 6) is 0.641. The Bertz CT molecular complexity index is 1110. The smallest absolute Gasteiger partial charge is 0.255 e. The van der Waals surface area contributed by atoms with Crippen LogP contribution in [0.2, 0.25) is 0 Å². The average molecular weight is 431 g/mol. The molecule has 2 amide bonds. The highest BCUT2D eigenvalue weighted by Crippen LogP contribution is 2.46. The summed E-state index contributed by atoms with van der Waals surface area (Å²) in [7, 11) is 0. The van der Waals surface area contributed by atoms with Crippen LogP contribution in [-0.4, -0.2) is 17.6 Å². The number of thioether (sulfide) groups is 1. The topological polar surface area (TPSA) is 49.4 Å². The number of hydrogen-bond donors (Lipinski definition) is 1. The molecule has 0 bridgehead atoms. The SMILES string of the molecule is Cc1ccc(C(=O)Nc2ccccc2C2SCC(=O)N2c2ccccc2C(C)C)cc1. The van der Waals surface area contributed by atoms with Crippen LogP contribution in [0.1, 0.15) is 52.2 Å². The monoisotopic (exact) mass is 430 g/mol. The zero-order chi connectivity index (χ0) is 22.0. The van der Waals surface area contributed by atoms with E-state index in [1.165, 1.54) is 0 Å². The fourth-order valence-electron chi connectivity index (χ4n) is 3.84. The van der Waals surface area contributed by atoms with Crippen molar-refractivity contribution in [2.24, 2.45) is 0 Å². The minimum atomic E-state index is -0.193. The first-order valence-corrected chi connectivity index (χ1v) is 11.5. The lowest BCUT2D eigenvalue weighted by molar-refractivity contribution is -0.115. The second-order valence-corrected chi connectivity index (χ2v) is 9.12. The summed E-state index contributed by atoms with van der Waals surface area (Å²) < 4.78 is 0. The van der Waals surface area contributed by atoms with Crippen molar-refractivity contribution in [3.05, 3.63) is 95.1 Å². The lowest BCUT2D eigenvalue weighted by Gasteiger charge is -2.29. The molecular formula is C26H26N2O2S. The normalized spacial score (nSPS) is 16.1. The van der Waals surface area contributed by atoms with Crippen molar-refractivity contribution in [1.82, 2.24) is 0 Å². The van der Waals surface area contributed by atoms with Gasteiger partial charge in [0.2, 0.25) is 5.91 Å². The van der Waals surface area contributed by atoms with Crippen molar-refractivity contribution in [1.29, 1.82) is 0 Å². The largest absolute Gasteiger partial charge is 0.322 e. The van der Waals surface area contributed by atoms with Gasteiger partial charge in [0.15, 0.2) is 0 Å². The number of rotatable bonds is 5. The van der Waals surface area contributed by atoms with Crippen molar-refractivity contribution in [3.63, 3.8) is 0 Å². The minimum absolute atomic E-state index is 0.0859. The molecule has 5 heteroatoms. The van der Waals surface area contributed by atoms with Crippen LogP contribution in [0.5, 0.6) is 0 Å². The standard InChI is InChI=1S/C26H26N2O2S/c1-17(2)20-8-5-7-11-23(20)28-24(29)16-31-26(28)21-9-4-6-10-22(21)27-25(30)19-14-12-18(3)13-15-19/h4-15,17,26H,16H2,1-3H3,(H,27,30). The molecule has 1 fully saturated rings. The summed E-state index contributed by atoms with van der Waals surface area (Å²) in [6.07, 6.45) is 0. The molecule has 4 nitrogen and oxygen atoms in total. The number of hydrogen-bond acceptors (Lipinski definition) is 3. The molecular weight excluding hydrogens is 404 g/mol. The van der Waals surface area contributed by atoms with E-state index in [4.69, 9.17) is 0 Å². The average Bonchev–Trinajstić information content (AvgIpc) is 3.15. The molecule has 1 N–H and O–H groups in total. The van der Waals surface area contributed by atoms with Crippen LogP contribution in [0.25, 0.3) is 0 Å². The highest BCUT2D eigenvalue weighted by Gasteiger charge is 2.36.